The second kappa shape index (κ2) is 6.31. The number of aliphatic hydroxyl groups is 1. The largest absolute Gasteiger partial charge is 0.444 e. The maximum absolute atomic E-state index is 12.1. The highest BCUT2D eigenvalue weighted by Crippen LogP contribution is 2.28. The molecule has 0 heterocycles. The van der Waals surface area contributed by atoms with Gasteiger partial charge in [-0.15, -0.1) is 0 Å². The molecule has 1 aliphatic carbocycles. The van der Waals surface area contributed by atoms with Gasteiger partial charge in [0.1, 0.15) is 5.60 Å². The number of nitrogens with zero attached hydrogens (tertiary/aromatic N) is 1. The second-order valence-corrected chi connectivity index (χ2v) is 7.23. The highest BCUT2D eigenvalue weighted by molar-refractivity contribution is 5.69. The zero-order chi connectivity index (χ0) is 15.6. The van der Waals surface area contributed by atoms with Gasteiger partial charge in [-0.05, 0) is 54.4 Å². The number of hydrogen-bond acceptors (Lipinski definition) is 4. The van der Waals surface area contributed by atoms with Crippen molar-refractivity contribution < 1.29 is 14.6 Å². The molecule has 0 spiro atoms. The molecule has 118 valence electrons. The van der Waals surface area contributed by atoms with E-state index in [0.29, 0.717) is 19.1 Å². The summed E-state index contributed by atoms with van der Waals surface area (Å²) in [6, 6.07) is 0.297. The van der Waals surface area contributed by atoms with Crippen molar-refractivity contribution in [1.29, 1.82) is 0 Å². The predicted molar refractivity (Wildman–Crippen MR) is 79.7 cm³/mol. The van der Waals surface area contributed by atoms with Crippen LogP contribution in [0.4, 0.5) is 4.79 Å². The van der Waals surface area contributed by atoms with E-state index in [4.69, 9.17) is 4.74 Å². The van der Waals surface area contributed by atoms with E-state index in [1.165, 1.54) is 0 Å². The molecule has 1 unspecified atom stereocenters. The first kappa shape index (κ1) is 17.2. The molecule has 1 aliphatic rings. The normalized spacial score (nSPS) is 17.8. The minimum absolute atomic E-state index is 0.0258. The number of rotatable bonds is 6. The van der Waals surface area contributed by atoms with Crippen LogP contribution in [-0.4, -0.2) is 52.5 Å². The van der Waals surface area contributed by atoms with E-state index >= 15 is 0 Å². The molecule has 0 aromatic rings. The van der Waals surface area contributed by atoms with Crippen LogP contribution >= 0.6 is 0 Å². The van der Waals surface area contributed by atoms with Gasteiger partial charge in [0.2, 0.25) is 0 Å². The summed E-state index contributed by atoms with van der Waals surface area (Å²) in [6.45, 7) is 12.4. The summed E-state index contributed by atoms with van der Waals surface area (Å²) in [5.41, 5.74) is -1.23. The molecule has 1 saturated carbocycles. The molecule has 0 aromatic heterocycles. The summed E-state index contributed by atoms with van der Waals surface area (Å²) in [5, 5.41) is 13.1. The molecule has 5 heteroatoms. The molecule has 2 N–H and O–H groups in total. The van der Waals surface area contributed by atoms with E-state index in [9.17, 15) is 9.90 Å². The van der Waals surface area contributed by atoms with Gasteiger partial charge in [-0.25, -0.2) is 4.79 Å². The third kappa shape index (κ3) is 6.09. The van der Waals surface area contributed by atoms with Gasteiger partial charge < -0.3 is 20.1 Å². The minimum atomic E-state index is -0.768. The average Bonchev–Trinajstić information content (AvgIpc) is 3.03. The van der Waals surface area contributed by atoms with Crippen molar-refractivity contribution in [3.63, 3.8) is 0 Å². The predicted octanol–water partition coefficient (Wildman–Crippen LogP) is 2.13. The molecule has 0 aliphatic heterocycles. The monoisotopic (exact) mass is 286 g/mol. The van der Waals surface area contributed by atoms with Crippen molar-refractivity contribution >= 4 is 6.09 Å². The lowest BCUT2D eigenvalue weighted by atomic mass is 10.0. The highest BCUT2D eigenvalue weighted by atomic mass is 16.6. The number of amides is 1. The Bertz CT molecular complexity index is 327. The fourth-order valence-electron chi connectivity index (χ4n) is 1.78. The van der Waals surface area contributed by atoms with E-state index in [-0.39, 0.29) is 12.1 Å². The van der Waals surface area contributed by atoms with Gasteiger partial charge in [0.05, 0.1) is 5.60 Å². The van der Waals surface area contributed by atoms with Crippen LogP contribution in [0, 0.1) is 0 Å². The standard InChI is InChI=1S/C15H30N2O3/c1-11(15(5,6)19)16-9-10-17(12-7-8-12)13(18)20-14(2,3)4/h11-12,16,19H,7-10H2,1-6H3. The number of carbonyl (C=O) groups excluding carboxylic acids is 1. The van der Waals surface area contributed by atoms with Crippen LogP contribution in [0.1, 0.15) is 54.4 Å². The Labute approximate surface area is 122 Å². The Morgan fingerprint density at radius 3 is 2.30 bits per heavy atom. The summed E-state index contributed by atoms with van der Waals surface area (Å²) in [7, 11) is 0. The van der Waals surface area contributed by atoms with Crippen molar-refractivity contribution in [2.24, 2.45) is 0 Å². The van der Waals surface area contributed by atoms with E-state index in [2.05, 4.69) is 5.32 Å². The lowest BCUT2D eigenvalue weighted by Crippen LogP contribution is -2.48. The van der Waals surface area contributed by atoms with Crippen LogP contribution in [0.15, 0.2) is 0 Å². The van der Waals surface area contributed by atoms with E-state index in [1.54, 1.807) is 18.7 Å². The number of carbonyl (C=O) groups is 1. The Morgan fingerprint density at radius 2 is 1.90 bits per heavy atom. The van der Waals surface area contributed by atoms with Crippen LogP contribution in [0.5, 0.6) is 0 Å². The summed E-state index contributed by atoms with van der Waals surface area (Å²) in [6.07, 6.45) is 1.87. The number of hydrogen-bond donors (Lipinski definition) is 2. The van der Waals surface area contributed by atoms with Crippen molar-refractivity contribution in [3.8, 4) is 0 Å². The van der Waals surface area contributed by atoms with E-state index in [0.717, 1.165) is 12.8 Å². The Balaban J connectivity index is 2.43. The van der Waals surface area contributed by atoms with Gasteiger partial charge in [0.15, 0.2) is 0 Å². The molecule has 0 radical (unpaired) electrons. The quantitative estimate of drug-likeness (QED) is 0.785. The molecule has 0 aromatic carbocycles. The second-order valence-electron chi connectivity index (χ2n) is 7.23. The summed E-state index contributed by atoms with van der Waals surface area (Å²) >= 11 is 0. The zero-order valence-corrected chi connectivity index (χ0v) is 13.7. The van der Waals surface area contributed by atoms with Crippen molar-refractivity contribution in [2.75, 3.05) is 13.1 Å². The van der Waals surface area contributed by atoms with Crippen LogP contribution in [-0.2, 0) is 4.74 Å². The topological polar surface area (TPSA) is 61.8 Å². The molecule has 20 heavy (non-hydrogen) atoms. The molecular weight excluding hydrogens is 256 g/mol. The maximum atomic E-state index is 12.1. The average molecular weight is 286 g/mol. The first-order chi connectivity index (χ1) is 9.00. The van der Waals surface area contributed by atoms with E-state index in [1.807, 2.05) is 27.7 Å². The Kier molecular flexibility index (Phi) is 5.44. The molecule has 1 atom stereocenters. The summed E-state index contributed by atoms with van der Waals surface area (Å²) in [5.74, 6) is 0. The molecule has 0 bridgehead atoms. The van der Waals surface area contributed by atoms with Gasteiger partial charge in [-0.1, -0.05) is 0 Å². The molecule has 1 rings (SSSR count). The Hall–Kier alpha value is -0.810. The minimum Gasteiger partial charge on any atom is -0.444 e. The number of nitrogens with one attached hydrogen (secondary N) is 1. The van der Waals surface area contributed by atoms with Crippen LogP contribution < -0.4 is 5.32 Å². The van der Waals surface area contributed by atoms with Gasteiger partial charge >= 0.3 is 6.09 Å². The van der Waals surface area contributed by atoms with Gasteiger partial charge in [-0.2, -0.15) is 0 Å². The fraction of sp³-hybridized carbons (Fsp3) is 0.933. The van der Waals surface area contributed by atoms with Crippen molar-refractivity contribution in [2.45, 2.75) is 77.7 Å². The fourth-order valence-corrected chi connectivity index (χ4v) is 1.78. The number of ether oxygens (including phenoxy) is 1. The van der Waals surface area contributed by atoms with Gasteiger partial charge in [-0.3, -0.25) is 0 Å². The third-order valence-corrected chi connectivity index (χ3v) is 3.48. The molecule has 1 amide bonds. The lowest BCUT2D eigenvalue weighted by molar-refractivity contribution is 0.0216. The smallest absolute Gasteiger partial charge is 0.410 e. The third-order valence-electron chi connectivity index (χ3n) is 3.48. The van der Waals surface area contributed by atoms with Gasteiger partial charge in [0, 0.05) is 25.2 Å². The van der Waals surface area contributed by atoms with Crippen LogP contribution in [0.25, 0.3) is 0 Å². The van der Waals surface area contributed by atoms with Crippen LogP contribution in [0.3, 0.4) is 0 Å². The molecule has 0 saturated heterocycles. The molecule has 5 nitrogen and oxygen atoms in total. The van der Waals surface area contributed by atoms with Gasteiger partial charge in [0.25, 0.3) is 0 Å². The highest BCUT2D eigenvalue weighted by Gasteiger charge is 2.35. The maximum Gasteiger partial charge on any atom is 0.410 e. The lowest BCUT2D eigenvalue weighted by Gasteiger charge is -2.30. The zero-order valence-electron chi connectivity index (χ0n) is 13.7. The molecule has 1 fully saturated rings. The molecular formula is C15H30N2O3. The first-order valence-electron chi connectivity index (χ1n) is 7.46. The first-order valence-corrected chi connectivity index (χ1v) is 7.46. The van der Waals surface area contributed by atoms with E-state index < -0.39 is 11.2 Å². The Morgan fingerprint density at radius 1 is 1.35 bits per heavy atom. The van der Waals surface area contributed by atoms with Crippen molar-refractivity contribution in [3.05, 3.63) is 0 Å². The SMILES string of the molecule is CC(NCCN(C(=O)OC(C)(C)C)C1CC1)C(C)(C)O. The van der Waals surface area contributed by atoms with Crippen molar-refractivity contribution in [1.82, 2.24) is 10.2 Å². The van der Waals surface area contributed by atoms with Crippen LogP contribution in [0.2, 0.25) is 0 Å². The summed E-state index contributed by atoms with van der Waals surface area (Å²) in [4.78, 5) is 13.9. The summed E-state index contributed by atoms with van der Waals surface area (Å²) < 4.78 is 5.44.